The fourth-order valence-electron chi connectivity index (χ4n) is 1.64. The molecule has 0 radical (unpaired) electrons. The van der Waals surface area contributed by atoms with Crippen molar-refractivity contribution in [3.8, 4) is 0 Å². The highest BCUT2D eigenvalue weighted by Crippen LogP contribution is 2.07. The molecule has 7 heteroatoms. The van der Waals surface area contributed by atoms with Gasteiger partial charge in [0.15, 0.2) is 5.84 Å². The Hall–Kier alpha value is -2.54. The minimum Gasteiger partial charge on any atom is -0.382 e. The van der Waals surface area contributed by atoms with Gasteiger partial charge in [0, 0.05) is 12.4 Å². The molecule has 0 saturated heterocycles. The number of nitrogens with one attached hydrogen (secondary N) is 1. The molecule has 0 atom stereocenters. The molecular formula is C10H11N7. The van der Waals surface area contributed by atoms with Crippen molar-refractivity contribution < 1.29 is 0 Å². The monoisotopic (exact) mass is 229 g/mol. The summed E-state index contributed by atoms with van der Waals surface area (Å²) in [7, 11) is 0. The zero-order valence-corrected chi connectivity index (χ0v) is 8.91. The van der Waals surface area contributed by atoms with Crippen molar-refractivity contribution >= 4 is 11.5 Å². The van der Waals surface area contributed by atoms with Gasteiger partial charge < -0.3 is 10.1 Å². The molecule has 0 unspecified atom stereocenters. The summed E-state index contributed by atoms with van der Waals surface area (Å²) in [6.45, 7) is 0. The Balaban J connectivity index is 2.07. The highest BCUT2D eigenvalue weighted by Gasteiger charge is 2.13. The number of nitrogens with zero attached hydrogens (tertiary/aromatic N) is 4. The molecule has 17 heavy (non-hydrogen) atoms. The van der Waals surface area contributed by atoms with Gasteiger partial charge in [0.1, 0.15) is 17.2 Å². The van der Waals surface area contributed by atoms with Crippen molar-refractivity contribution in [3.05, 3.63) is 48.3 Å². The number of nitrogens with two attached hydrogens (primary N) is 2. The van der Waals surface area contributed by atoms with Crippen molar-refractivity contribution in [2.75, 3.05) is 0 Å². The van der Waals surface area contributed by atoms with E-state index >= 15 is 0 Å². The summed E-state index contributed by atoms with van der Waals surface area (Å²) in [5.41, 5.74) is 10.00. The van der Waals surface area contributed by atoms with Gasteiger partial charge in [0.2, 0.25) is 0 Å². The van der Waals surface area contributed by atoms with Crippen molar-refractivity contribution in [2.24, 2.45) is 16.6 Å². The number of hydrazine groups is 2. The molecule has 5 N–H and O–H groups in total. The topological polar surface area (TPSA) is 97.0 Å². The minimum absolute atomic E-state index is 0.332. The van der Waals surface area contributed by atoms with Crippen LogP contribution < -0.4 is 17.0 Å². The van der Waals surface area contributed by atoms with Crippen LogP contribution in [0.25, 0.3) is 5.65 Å². The molecule has 86 valence electrons. The van der Waals surface area contributed by atoms with Crippen LogP contribution in [0.5, 0.6) is 0 Å². The minimum atomic E-state index is 0.332. The molecule has 0 aromatic carbocycles. The van der Waals surface area contributed by atoms with Gasteiger partial charge >= 0.3 is 0 Å². The highest BCUT2D eigenvalue weighted by atomic mass is 15.7. The number of rotatable bonds is 1. The number of amidine groups is 1. The van der Waals surface area contributed by atoms with Crippen LogP contribution in [-0.4, -0.2) is 20.3 Å². The fourth-order valence-corrected chi connectivity index (χ4v) is 1.64. The van der Waals surface area contributed by atoms with E-state index in [1.807, 2.05) is 35.0 Å². The van der Waals surface area contributed by atoms with Gasteiger partial charge in [-0.3, -0.25) is 5.43 Å². The third-order valence-electron chi connectivity index (χ3n) is 2.35. The lowest BCUT2D eigenvalue weighted by Crippen LogP contribution is -2.46. The van der Waals surface area contributed by atoms with Crippen LogP contribution in [0.1, 0.15) is 5.69 Å². The van der Waals surface area contributed by atoms with E-state index in [2.05, 4.69) is 15.4 Å². The molecule has 2 aromatic rings. The Bertz CT molecular complexity index is 591. The summed E-state index contributed by atoms with van der Waals surface area (Å²) in [5.74, 6) is 6.45. The van der Waals surface area contributed by atoms with Crippen LogP contribution in [0.3, 0.4) is 0 Å². The number of pyridine rings is 1. The van der Waals surface area contributed by atoms with E-state index in [0.29, 0.717) is 17.4 Å². The first kappa shape index (κ1) is 9.67. The SMILES string of the molecule is NC1=CN(N)NC(c2cn3ccccc3n2)=N1. The largest absolute Gasteiger partial charge is 0.382 e. The zero-order chi connectivity index (χ0) is 11.8. The summed E-state index contributed by atoms with van der Waals surface area (Å²) >= 11 is 0. The number of hydrogen-bond acceptors (Lipinski definition) is 6. The fraction of sp³-hybridized carbons (Fsp3) is 0. The Labute approximate surface area is 97.0 Å². The third kappa shape index (κ3) is 1.68. The number of aliphatic imine (C=N–C) groups is 1. The summed E-state index contributed by atoms with van der Waals surface area (Å²) in [5, 5.41) is 1.25. The quantitative estimate of drug-likeness (QED) is 0.574. The average Bonchev–Trinajstić information content (AvgIpc) is 2.71. The summed E-state index contributed by atoms with van der Waals surface area (Å²) in [4.78, 5) is 8.56. The molecule has 0 amide bonds. The van der Waals surface area contributed by atoms with Crippen LogP contribution in [0, 0.1) is 0 Å². The third-order valence-corrected chi connectivity index (χ3v) is 2.35. The van der Waals surface area contributed by atoms with E-state index in [-0.39, 0.29) is 0 Å². The lowest BCUT2D eigenvalue weighted by Gasteiger charge is -2.20. The van der Waals surface area contributed by atoms with Gasteiger partial charge in [-0.15, -0.1) is 0 Å². The molecule has 7 nitrogen and oxygen atoms in total. The molecule has 0 fully saturated rings. The standard InChI is InChI=1S/C10H11N7/c11-8-6-17(12)15-10(14-8)7-5-16-4-2-1-3-9(16)13-7/h1-6H,11-12H2,(H,14,15). The predicted octanol–water partition coefficient (Wildman–Crippen LogP) is -0.468. The predicted molar refractivity (Wildman–Crippen MR) is 63.2 cm³/mol. The summed E-state index contributed by atoms with van der Waals surface area (Å²) in [6.07, 6.45) is 5.25. The first-order valence-electron chi connectivity index (χ1n) is 5.03. The second-order valence-corrected chi connectivity index (χ2v) is 3.63. The van der Waals surface area contributed by atoms with Crippen LogP contribution in [0.15, 0.2) is 47.6 Å². The molecule has 2 aromatic heterocycles. The van der Waals surface area contributed by atoms with E-state index in [1.165, 1.54) is 11.3 Å². The Morgan fingerprint density at radius 1 is 1.29 bits per heavy atom. The van der Waals surface area contributed by atoms with E-state index in [0.717, 1.165) is 5.65 Å². The van der Waals surface area contributed by atoms with Gasteiger partial charge in [-0.25, -0.2) is 20.9 Å². The molecule has 3 rings (SSSR count). The molecular weight excluding hydrogens is 218 g/mol. The number of imidazole rings is 1. The van der Waals surface area contributed by atoms with Crippen LogP contribution in [0.2, 0.25) is 0 Å². The van der Waals surface area contributed by atoms with E-state index in [4.69, 9.17) is 11.6 Å². The van der Waals surface area contributed by atoms with Crippen LogP contribution in [0.4, 0.5) is 0 Å². The Morgan fingerprint density at radius 2 is 2.18 bits per heavy atom. The van der Waals surface area contributed by atoms with Gasteiger partial charge in [0.05, 0.1) is 6.20 Å². The highest BCUT2D eigenvalue weighted by molar-refractivity contribution is 5.98. The van der Waals surface area contributed by atoms with Crippen molar-refractivity contribution in [3.63, 3.8) is 0 Å². The maximum Gasteiger partial charge on any atom is 0.175 e. The van der Waals surface area contributed by atoms with Gasteiger partial charge in [-0.2, -0.15) is 0 Å². The zero-order valence-electron chi connectivity index (χ0n) is 8.91. The van der Waals surface area contributed by atoms with E-state index < -0.39 is 0 Å². The van der Waals surface area contributed by atoms with E-state index in [9.17, 15) is 0 Å². The summed E-state index contributed by atoms with van der Waals surface area (Å²) < 4.78 is 1.90. The second kappa shape index (κ2) is 3.49. The van der Waals surface area contributed by atoms with Crippen molar-refractivity contribution in [2.45, 2.75) is 0 Å². The van der Waals surface area contributed by atoms with Crippen LogP contribution >= 0.6 is 0 Å². The van der Waals surface area contributed by atoms with E-state index in [1.54, 1.807) is 0 Å². The molecule has 0 bridgehead atoms. The Morgan fingerprint density at radius 3 is 2.94 bits per heavy atom. The first-order valence-corrected chi connectivity index (χ1v) is 5.03. The maximum atomic E-state index is 5.62. The lowest BCUT2D eigenvalue weighted by molar-refractivity contribution is 0.338. The maximum absolute atomic E-state index is 5.62. The molecule has 3 heterocycles. The molecule has 0 saturated carbocycles. The van der Waals surface area contributed by atoms with Gasteiger partial charge in [-0.05, 0) is 12.1 Å². The van der Waals surface area contributed by atoms with Gasteiger partial charge in [-0.1, -0.05) is 6.07 Å². The molecule has 0 aliphatic carbocycles. The Kier molecular flexibility index (Phi) is 1.99. The van der Waals surface area contributed by atoms with Crippen LogP contribution in [-0.2, 0) is 0 Å². The average molecular weight is 229 g/mol. The normalized spacial score (nSPS) is 15.5. The van der Waals surface area contributed by atoms with Crippen molar-refractivity contribution in [1.29, 1.82) is 0 Å². The summed E-state index contributed by atoms with van der Waals surface area (Å²) in [6, 6.07) is 5.76. The number of hydrogen-bond donors (Lipinski definition) is 3. The molecule has 0 spiro atoms. The lowest BCUT2D eigenvalue weighted by atomic mass is 10.4. The van der Waals surface area contributed by atoms with Crippen molar-refractivity contribution in [1.82, 2.24) is 19.9 Å². The second-order valence-electron chi connectivity index (χ2n) is 3.63. The molecule has 1 aliphatic heterocycles. The molecule has 1 aliphatic rings. The van der Waals surface area contributed by atoms with Gasteiger partial charge in [0.25, 0.3) is 0 Å². The smallest absolute Gasteiger partial charge is 0.175 e. The first-order chi connectivity index (χ1) is 8.22. The number of aromatic nitrogens is 2. The number of fused-ring (bicyclic) bond motifs is 1.